The summed E-state index contributed by atoms with van der Waals surface area (Å²) in [6.45, 7) is 7.37. The molecule has 214 valence electrons. The van der Waals surface area contributed by atoms with E-state index in [2.05, 4.69) is 21.2 Å². The molecule has 0 aliphatic rings. The number of carbonyl (C=O) groups is 2. The number of carbonyl (C=O) groups excluding carboxylic acids is 2. The van der Waals surface area contributed by atoms with E-state index in [0.29, 0.717) is 5.69 Å². The van der Waals surface area contributed by atoms with Gasteiger partial charge in [-0.05, 0) is 73.7 Å². The van der Waals surface area contributed by atoms with E-state index in [1.54, 1.807) is 12.1 Å². The summed E-state index contributed by atoms with van der Waals surface area (Å²) in [4.78, 5) is 29.4. The molecule has 1 N–H and O–H groups in total. The van der Waals surface area contributed by atoms with Crippen molar-refractivity contribution < 1.29 is 18.0 Å². The standard InChI is InChI=1S/C31H38BrN3O4S/c1-6-24(4)33-31(37)29(19-25-11-8-7-9-12-25)34(20-26-13-10-14-27(32)18-26)30(36)21-35(40(5,38)39)28-16-22(2)15-23(3)17-28/h7-18,24,29H,6,19-21H2,1-5H3,(H,33,37)/t24-,29-/m0/s1. The maximum atomic E-state index is 14.2. The summed E-state index contributed by atoms with van der Waals surface area (Å²) in [5.74, 6) is -0.747. The second-order valence-corrected chi connectivity index (χ2v) is 13.1. The van der Waals surface area contributed by atoms with E-state index < -0.39 is 28.5 Å². The monoisotopic (exact) mass is 627 g/mol. The van der Waals surface area contributed by atoms with Gasteiger partial charge in [0.05, 0.1) is 11.9 Å². The number of nitrogens with one attached hydrogen (secondary N) is 1. The van der Waals surface area contributed by atoms with Gasteiger partial charge in [-0.3, -0.25) is 13.9 Å². The highest BCUT2D eigenvalue weighted by atomic mass is 79.9. The Balaban J connectivity index is 2.08. The molecule has 40 heavy (non-hydrogen) atoms. The van der Waals surface area contributed by atoms with Crippen molar-refractivity contribution in [1.82, 2.24) is 10.2 Å². The Bertz CT molecular complexity index is 1410. The number of aryl methyl sites for hydroxylation is 2. The highest BCUT2D eigenvalue weighted by Crippen LogP contribution is 2.23. The minimum Gasteiger partial charge on any atom is -0.352 e. The largest absolute Gasteiger partial charge is 0.352 e. The Morgan fingerprint density at radius 1 is 0.925 bits per heavy atom. The number of nitrogens with zero attached hydrogens (tertiary/aromatic N) is 2. The molecule has 0 fully saturated rings. The van der Waals surface area contributed by atoms with E-state index in [1.165, 1.54) is 4.90 Å². The van der Waals surface area contributed by atoms with Crippen molar-refractivity contribution in [1.29, 1.82) is 0 Å². The number of rotatable bonds is 12. The molecule has 0 saturated heterocycles. The van der Waals surface area contributed by atoms with E-state index in [9.17, 15) is 18.0 Å². The minimum absolute atomic E-state index is 0.0867. The summed E-state index contributed by atoms with van der Waals surface area (Å²) < 4.78 is 27.9. The number of amides is 2. The molecule has 9 heteroatoms. The molecule has 7 nitrogen and oxygen atoms in total. The SMILES string of the molecule is CC[C@H](C)NC(=O)[C@H](Cc1ccccc1)N(Cc1cccc(Br)c1)C(=O)CN(c1cc(C)cc(C)c1)S(C)(=O)=O. The van der Waals surface area contributed by atoms with Crippen molar-refractivity contribution in [3.05, 3.63) is 99.5 Å². The van der Waals surface area contributed by atoms with Crippen LogP contribution >= 0.6 is 15.9 Å². The van der Waals surface area contributed by atoms with Crippen LogP contribution in [0.15, 0.2) is 77.3 Å². The Morgan fingerprint density at radius 2 is 1.55 bits per heavy atom. The number of benzene rings is 3. The Labute approximate surface area is 246 Å². The lowest BCUT2D eigenvalue weighted by Crippen LogP contribution is -2.54. The second kappa shape index (κ2) is 13.9. The Kier molecular flexibility index (Phi) is 10.9. The first kappa shape index (κ1) is 31.4. The predicted octanol–water partition coefficient (Wildman–Crippen LogP) is 5.39. The third kappa shape index (κ3) is 8.93. The molecular formula is C31H38BrN3O4S. The van der Waals surface area contributed by atoms with E-state index in [-0.39, 0.29) is 24.9 Å². The maximum Gasteiger partial charge on any atom is 0.244 e. The van der Waals surface area contributed by atoms with Gasteiger partial charge in [-0.2, -0.15) is 0 Å². The van der Waals surface area contributed by atoms with Gasteiger partial charge >= 0.3 is 0 Å². The number of halogens is 1. The number of hydrogen-bond acceptors (Lipinski definition) is 4. The average Bonchev–Trinajstić information content (AvgIpc) is 2.88. The quantitative estimate of drug-likeness (QED) is 0.292. The molecule has 3 aromatic carbocycles. The van der Waals surface area contributed by atoms with Crippen molar-refractivity contribution >= 4 is 43.5 Å². The smallest absolute Gasteiger partial charge is 0.244 e. The van der Waals surface area contributed by atoms with Gasteiger partial charge in [0, 0.05) is 23.5 Å². The van der Waals surface area contributed by atoms with Gasteiger partial charge in [0.1, 0.15) is 12.6 Å². The second-order valence-electron chi connectivity index (χ2n) is 10.3. The molecule has 2 atom stereocenters. The molecule has 0 heterocycles. The van der Waals surface area contributed by atoms with Gasteiger partial charge in [0.25, 0.3) is 0 Å². The van der Waals surface area contributed by atoms with Crippen LogP contribution in [0, 0.1) is 13.8 Å². The molecule has 0 saturated carbocycles. The van der Waals surface area contributed by atoms with Crippen LogP contribution in [-0.2, 0) is 32.6 Å². The van der Waals surface area contributed by atoms with Gasteiger partial charge in [-0.15, -0.1) is 0 Å². The summed E-state index contributed by atoms with van der Waals surface area (Å²) in [5, 5.41) is 3.04. The minimum atomic E-state index is -3.81. The molecule has 3 rings (SSSR count). The first-order valence-electron chi connectivity index (χ1n) is 13.3. The fraction of sp³-hybridized carbons (Fsp3) is 0.355. The lowest BCUT2D eigenvalue weighted by atomic mass is 10.0. The van der Waals surface area contributed by atoms with Crippen molar-refractivity contribution in [3.8, 4) is 0 Å². The van der Waals surface area contributed by atoms with Crippen molar-refractivity contribution in [2.45, 2.75) is 59.2 Å². The fourth-order valence-electron chi connectivity index (χ4n) is 4.54. The molecule has 0 aliphatic carbocycles. The normalized spacial score (nSPS) is 12.8. The Morgan fingerprint density at radius 3 is 2.12 bits per heavy atom. The van der Waals surface area contributed by atoms with Gasteiger partial charge in [-0.25, -0.2) is 8.42 Å². The van der Waals surface area contributed by atoms with E-state index in [0.717, 1.165) is 43.7 Å². The number of anilines is 1. The predicted molar refractivity (Wildman–Crippen MR) is 165 cm³/mol. The van der Waals surface area contributed by atoms with Crippen molar-refractivity contribution in [3.63, 3.8) is 0 Å². The van der Waals surface area contributed by atoms with Crippen LogP contribution in [0.25, 0.3) is 0 Å². The zero-order valence-corrected chi connectivity index (χ0v) is 26.1. The van der Waals surface area contributed by atoms with Gasteiger partial charge in [0.2, 0.25) is 21.8 Å². The van der Waals surface area contributed by atoms with Crippen LogP contribution in [-0.4, -0.2) is 50.0 Å². The van der Waals surface area contributed by atoms with E-state index in [4.69, 9.17) is 0 Å². The summed E-state index contributed by atoms with van der Waals surface area (Å²) >= 11 is 3.49. The lowest BCUT2D eigenvalue weighted by molar-refractivity contribution is -0.140. The fourth-order valence-corrected chi connectivity index (χ4v) is 5.82. The topological polar surface area (TPSA) is 86.8 Å². The molecule has 0 aliphatic heterocycles. The van der Waals surface area contributed by atoms with Gasteiger partial charge < -0.3 is 10.2 Å². The third-order valence-electron chi connectivity index (χ3n) is 6.69. The summed E-state index contributed by atoms with van der Waals surface area (Å²) in [7, 11) is -3.81. The van der Waals surface area contributed by atoms with Gasteiger partial charge in [-0.1, -0.05) is 71.4 Å². The Hall–Kier alpha value is -3.17. The van der Waals surface area contributed by atoms with Crippen LogP contribution in [0.1, 0.15) is 42.5 Å². The molecule has 0 spiro atoms. The van der Waals surface area contributed by atoms with Crippen LogP contribution < -0.4 is 9.62 Å². The zero-order valence-electron chi connectivity index (χ0n) is 23.7. The molecular weight excluding hydrogens is 590 g/mol. The molecule has 3 aromatic rings. The van der Waals surface area contributed by atoms with Crippen LogP contribution in [0.5, 0.6) is 0 Å². The van der Waals surface area contributed by atoms with Crippen molar-refractivity contribution in [2.75, 3.05) is 17.1 Å². The van der Waals surface area contributed by atoms with Crippen LogP contribution in [0.2, 0.25) is 0 Å². The van der Waals surface area contributed by atoms with Crippen LogP contribution in [0.3, 0.4) is 0 Å². The number of hydrogen-bond donors (Lipinski definition) is 1. The molecule has 0 aromatic heterocycles. The molecule has 0 unspecified atom stereocenters. The third-order valence-corrected chi connectivity index (χ3v) is 8.32. The zero-order chi connectivity index (χ0) is 29.4. The molecule has 2 amide bonds. The van der Waals surface area contributed by atoms with Gasteiger partial charge in [0.15, 0.2) is 0 Å². The molecule has 0 radical (unpaired) electrons. The van der Waals surface area contributed by atoms with Crippen LogP contribution in [0.4, 0.5) is 5.69 Å². The summed E-state index contributed by atoms with van der Waals surface area (Å²) in [6.07, 6.45) is 2.11. The lowest BCUT2D eigenvalue weighted by Gasteiger charge is -2.34. The van der Waals surface area contributed by atoms with Crippen molar-refractivity contribution in [2.24, 2.45) is 0 Å². The average molecular weight is 629 g/mol. The maximum absolute atomic E-state index is 14.2. The highest BCUT2D eigenvalue weighted by molar-refractivity contribution is 9.10. The first-order valence-corrected chi connectivity index (χ1v) is 16.0. The van der Waals surface area contributed by atoms with E-state index in [1.807, 2.05) is 88.4 Å². The summed E-state index contributed by atoms with van der Waals surface area (Å²) in [6, 6.07) is 21.6. The summed E-state index contributed by atoms with van der Waals surface area (Å²) in [5.41, 5.74) is 3.90. The molecule has 0 bridgehead atoms. The highest BCUT2D eigenvalue weighted by Gasteiger charge is 2.33. The van der Waals surface area contributed by atoms with E-state index >= 15 is 0 Å². The number of sulfonamides is 1. The first-order chi connectivity index (χ1) is 18.9.